The summed E-state index contributed by atoms with van der Waals surface area (Å²) < 4.78 is 13.3. The average Bonchev–Trinajstić information content (AvgIpc) is 2.76. The minimum absolute atomic E-state index is 0.304. The molecule has 0 radical (unpaired) electrons. The minimum atomic E-state index is -0.304. The Bertz CT molecular complexity index is 451. The number of rotatable bonds is 2. The standard InChI is InChI=1S/C14H21FN4/c15-12-7-11(8-16)14(17-9-12)19-6-2-5-18-4-1-3-13(18)10-19/h7,9,13H,1-6,8,10,16H2. The lowest BCUT2D eigenvalue weighted by Crippen LogP contribution is -2.37. The molecular weight excluding hydrogens is 243 g/mol. The van der Waals surface area contributed by atoms with Gasteiger partial charge in [-0.2, -0.15) is 0 Å². The maximum Gasteiger partial charge on any atom is 0.141 e. The number of nitrogens with zero attached hydrogens (tertiary/aromatic N) is 3. The second-order valence-corrected chi connectivity index (χ2v) is 5.47. The molecule has 2 aliphatic heterocycles. The van der Waals surface area contributed by atoms with Crippen LogP contribution in [0, 0.1) is 5.82 Å². The van der Waals surface area contributed by atoms with E-state index in [9.17, 15) is 4.39 Å². The highest BCUT2D eigenvalue weighted by Gasteiger charge is 2.29. The lowest BCUT2D eigenvalue weighted by molar-refractivity contribution is 0.273. The summed E-state index contributed by atoms with van der Waals surface area (Å²) in [5, 5.41) is 0. The second kappa shape index (κ2) is 5.43. The monoisotopic (exact) mass is 264 g/mol. The van der Waals surface area contributed by atoms with Gasteiger partial charge in [-0.3, -0.25) is 4.90 Å². The fourth-order valence-electron chi connectivity index (χ4n) is 3.31. The number of nitrogens with two attached hydrogens (primary N) is 1. The van der Waals surface area contributed by atoms with Crippen LogP contribution in [-0.4, -0.2) is 42.1 Å². The highest BCUT2D eigenvalue weighted by atomic mass is 19.1. The van der Waals surface area contributed by atoms with Crippen molar-refractivity contribution in [2.24, 2.45) is 5.73 Å². The first-order valence-electron chi connectivity index (χ1n) is 7.11. The molecule has 0 bridgehead atoms. The van der Waals surface area contributed by atoms with Crippen LogP contribution in [0.2, 0.25) is 0 Å². The number of fused-ring (bicyclic) bond motifs is 1. The van der Waals surface area contributed by atoms with Crippen molar-refractivity contribution in [1.29, 1.82) is 0 Å². The van der Waals surface area contributed by atoms with E-state index in [0.29, 0.717) is 12.6 Å². The molecule has 0 spiro atoms. The molecule has 5 heteroatoms. The summed E-state index contributed by atoms with van der Waals surface area (Å²) in [5.74, 6) is 0.569. The Morgan fingerprint density at radius 1 is 1.32 bits per heavy atom. The van der Waals surface area contributed by atoms with Crippen molar-refractivity contribution in [3.8, 4) is 0 Å². The van der Waals surface area contributed by atoms with Gasteiger partial charge in [-0.05, 0) is 31.9 Å². The fourth-order valence-corrected chi connectivity index (χ4v) is 3.31. The first kappa shape index (κ1) is 12.8. The predicted molar refractivity (Wildman–Crippen MR) is 73.5 cm³/mol. The zero-order valence-corrected chi connectivity index (χ0v) is 11.2. The molecule has 2 saturated heterocycles. The molecule has 2 aliphatic rings. The van der Waals surface area contributed by atoms with Gasteiger partial charge in [0.15, 0.2) is 0 Å². The zero-order chi connectivity index (χ0) is 13.2. The van der Waals surface area contributed by atoms with Crippen LogP contribution in [0.5, 0.6) is 0 Å². The van der Waals surface area contributed by atoms with Crippen molar-refractivity contribution in [1.82, 2.24) is 9.88 Å². The Labute approximate surface area is 113 Å². The smallest absolute Gasteiger partial charge is 0.141 e. The van der Waals surface area contributed by atoms with Crippen molar-refractivity contribution in [2.45, 2.75) is 31.8 Å². The molecule has 1 aromatic heterocycles. The summed E-state index contributed by atoms with van der Waals surface area (Å²) >= 11 is 0. The van der Waals surface area contributed by atoms with E-state index >= 15 is 0 Å². The quantitative estimate of drug-likeness (QED) is 0.876. The van der Waals surface area contributed by atoms with Crippen LogP contribution in [0.4, 0.5) is 10.2 Å². The first-order valence-corrected chi connectivity index (χ1v) is 7.11. The van der Waals surface area contributed by atoms with Crippen LogP contribution in [0.15, 0.2) is 12.3 Å². The Morgan fingerprint density at radius 3 is 3.00 bits per heavy atom. The van der Waals surface area contributed by atoms with Gasteiger partial charge in [0.25, 0.3) is 0 Å². The predicted octanol–water partition coefficient (Wildman–Crippen LogP) is 1.35. The van der Waals surface area contributed by atoms with Crippen molar-refractivity contribution >= 4 is 5.82 Å². The number of pyridine rings is 1. The average molecular weight is 264 g/mol. The van der Waals surface area contributed by atoms with E-state index in [1.165, 1.54) is 38.2 Å². The maximum atomic E-state index is 13.3. The second-order valence-electron chi connectivity index (χ2n) is 5.47. The summed E-state index contributed by atoms with van der Waals surface area (Å²) in [6.07, 6.45) is 4.99. The number of anilines is 1. The maximum absolute atomic E-state index is 13.3. The molecule has 4 nitrogen and oxygen atoms in total. The van der Waals surface area contributed by atoms with Crippen molar-refractivity contribution in [3.63, 3.8) is 0 Å². The number of aromatic nitrogens is 1. The molecule has 3 rings (SSSR count). The van der Waals surface area contributed by atoms with Gasteiger partial charge in [0.05, 0.1) is 6.20 Å². The van der Waals surface area contributed by atoms with Crippen LogP contribution < -0.4 is 10.6 Å². The molecule has 1 atom stereocenters. The van der Waals surface area contributed by atoms with E-state index in [1.54, 1.807) is 0 Å². The zero-order valence-electron chi connectivity index (χ0n) is 11.2. The minimum Gasteiger partial charge on any atom is -0.355 e. The van der Waals surface area contributed by atoms with Gasteiger partial charge in [0, 0.05) is 37.8 Å². The summed E-state index contributed by atoms with van der Waals surface area (Å²) in [4.78, 5) is 9.15. The van der Waals surface area contributed by atoms with Crippen molar-refractivity contribution in [3.05, 3.63) is 23.6 Å². The van der Waals surface area contributed by atoms with Gasteiger partial charge in [0.2, 0.25) is 0 Å². The molecule has 0 amide bonds. The van der Waals surface area contributed by atoms with E-state index in [2.05, 4.69) is 14.8 Å². The van der Waals surface area contributed by atoms with Crippen LogP contribution >= 0.6 is 0 Å². The number of hydrogen-bond donors (Lipinski definition) is 1. The molecule has 3 heterocycles. The molecule has 1 unspecified atom stereocenters. The number of halogens is 1. The molecule has 19 heavy (non-hydrogen) atoms. The SMILES string of the molecule is NCc1cc(F)cnc1N1CCCN2CCCC2C1. The Balaban J connectivity index is 1.84. The molecule has 0 saturated carbocycles. The lowest BCUT2D eigenvalue weighted by atomic mass is 10.2. The van der Waals surface area contributed by atoms with Crippen molar-refractivity contribution < 1.29 is 4.39 Å². The summed E-state index contributed by atoms with van der Waals surface area (Å²) in [7, 11) is 0. The third-order valence-corrected chi connectivity index (χ3v) is 4.23. The molecule has 1 aromatic rings. The summed E-state index contributed by atoms with van der Waals surface area (Å²) in [6, 6.07) is 2.14. The van der Waals surface area contributed by atoms with E-state index in [0.717, 1.165) is 30.9 Å². The lowest BCUT2D eigenvalue weighted by Gasteiger charge is -2.27. The van der Waals surface area contributed by atoms with Gasteiger partial charge >= 0.3 is 0 Å². The molecule has 0 aliphatic carbocycles. The summed E-state index contributed by atoms with van der Waals surface area (Å²) in [6.45, 7) is 4.70. The molecule has 0 aromatic carbocycles. The third kappa shape index (κ3) is 2.58. The number of hydrogen-bond acceptors (Lipinski definition) is 4. The van der Waals surface area contributed by atoms with Crippen molar-refractivity contribution in [2.75, 3.05) is 31.1 Å². The van der Waals surface area contributed by atoms with Gasteiger partial charge in [-0.15, -0.1) is 0 Å². The Morgan fingerprint density at radius 2 is 2.16 bits per heavy atom. The molecule has 2 fully saturated rings. The van der Waals surface area contributed by atoms with E-state index in [-0.39, 0.29) is 5.82 Å². The van der Waals surface area contributed by atoms with Gasteiger partial charge in [0.1, 0.15) is 11.6 Å². The topological polar surface area (TPSA) is 45.4 Å². The highest BCUT2D eigenvalue weighted by molar-refractivity contribution is 5.47. The first-order chi connectivity index (χ1) is 9.28. The van der Waals surface area contributed by atoms with Gasteiger partial charge in [-0.1, -0.05) is 0 Å². The van der Waals surface area contributed by atoms with Crippen LogP contribution in [0.1, 0.15) is 24.8 Å². The van der Waals surface area contributed by atoms with E-state index in [1.807, 2.05) is 0 Å². The summed E-state index contributed by atoms with van der Waals surface area (Å²) in [5.41, 5.74) is 6.54. The molecule has 104 valence electrons. The molecule has 2 N–H and O–H groups in total. The Kier molecular flexibility index (Phi) is 3.66. The largest absolute Gasteiger partial charge is 0.355 e. The fraction of sp³-hybridized carbons (Fsp3) is 0.643. The van der Waals surface area contributed by atoms with Gasteiger partial charge in [-0.25, -0.2) is 9.37 Å². The van der Waals surface area contributed by atoms with E-state index in [4.69, 9.17) is 5.73 Å². The normalized spacial score (nSPS) is 24.3. The van der Waals surface area contributed by atoms with Crippen LogP contribution in [0.25, 0.3) is 0 Å². The highest BCUT2D eigenvalue weighted by Crippen LogP contribution is 2.26. The van der Waals surface area contributed by atoms with E-state index < -0.39 is 0 Å². The molecular formula is C14H21FN4. The Hall–Kier alpha value is -1.20. The van der Waals surface area contributed by atoms with Crippen LogP contribution in [-0.2, 0) is 6.54 Å². The third-order valence-electron chi connectivity index (χ3n) is 4.23. The van der Waals surface area contributed by atoms with Gasteiger partial charge < -0.3 is 10.6 Å². The van der Waals surface area contributed by atoms with Crippen LogP contribution in [0.3, 0.4) is 0 Å².